The Morgan fingerprint density at radius 3 is 2.22 bits per heavy atom. The van der Waals surface area contributed by atoms with Crippen LogP contribution in [0.2, 0.25) is 10.0 Å². The van der Waals surface area contributed by atoms with Gasteiger partial charge in [0, 0.05) is 12.6 Å². The predicted octanol–water partition coefficient (Wildman–Crippen LogP) is 6.03. The second-order valence-electron chi connectivity index (χ2n) is 7.15. The van der Waals surface area contributed by atoms with Crippen molar-refractivity contribution in [2.45, 2.75) is 11.8 Å². The van der Waals surface area contributed by atoms with Crippen molar-refractivity contribution in [2.24, 2.45) is 0 Å². The van der Waals surface area contributed by atoms with Crippen molar-refractivity contribution in [3.63, 3.8) is 0 Å². The number of carbonyl (C=O) groups is 2. The van der Waals surface area contributed by atoms with E-state index >= 15 is 0 Å². The highest BCUT2D eigenvalue weighted by Gasteiger charge is 2.19. The van der Waals surface area contributed by atoms with E-state index in [-0.39, 0.29) is 42.3 Å². The van der Waals surface area contributed by atoms with Gasteiger partial charge in [-0.3, -0.25) is 9.59 Å². The first kappa shape index (κ1) is 27.2. The van der Waals surface area contributed by atoms with Gasteiger partial charge in [-0.15, -0.1) is 0 Å². The molecule has 2 N–H and O–H groups in total. The molecule has 0 aliphatic carbocycles. The molecule has 0 unspecified atom stereocenters. The van der Waals surface area contributed by atoms with Crippen molar-refractivity contribution in [2.75, 3.05) is 10.6 Å². The van der Waals surface area contributed by atoms with Crippen LogP contribution in [0.4, 0.5) is 11.4 Å². The molecule has 12 heteroatoms. The third-order valence-corrected chi connectivity index (χ3v) is 6.99. The summed E-state index contributed by atoms with van der Waals surface area (Å²) in [5.41, 5.74) is 0.793. The summed E-state index contributed by atoms with van der Waals surface area (Å²) in [6, 6.07) is 16.3. The van der Waals surface area contributed by atoms with E-state index in [1.54, 1.807) is 18.2 Å². The molecule has 36 heavy (non-hydrogen) atoms. The average molecular weight is 609 g/mol. The summed E-state index contributed by atoms with van der Waals surface area (Å²) >= 11 is 15.4. The number of amides is 2. The third kappa shape index (κ3) is 6.86. The van der Waals surface area contributed by atoms with E-state index in [9.17, 15) is 23.3 Å². The summed E-state index contributed by atoms with van der Waals surface area (Å²) in [6.45, 7) is 1.34. The van der Waals surface area contributed by atoms with Gasteiger partial charge in [0.1, 0.15) is 16.5 Å². The zero-order valence-corrected chi connectivity index (χ0v) is 22.3. The van der Waals surface area contributed by atoms with Crippen molar-refractivity contribution in [1.82, 2.24) is 0 Å². The molecule has 0 saturated heterocycles. The lowest BCUT2D eigenvalue weighted by Gasteiger charge is -2.10. The highest BCUT2D eigenvalue weighted by molar-refractivity contribution is 9.10. The molecule has 2 amide bonds. The van der Waals surface area contributed by atoms with Crippen LogP contribution in [-0.4, -0.2) is 20.2 Å². The Bertz CT molecular complexity index is 1500. The molecule has 0 aliphatic heterocycles. The maximum Gasteiger partial charge on any atom is 0.339 e. The number of nitrogens with zero attached hydrogens (tertiary/aromatic N) is 1. The molecular weight excluding hydrogens is 593 g/mol. The summed E-state index contributed by atoms with van der Waals surface area (Å²) in [7, 11) is -4.18. The van der Waals surface area contributed by atoms with Gasteiger partial charge in [-0.25, -0.2) is 0 Å². The van der Waals surface area contributed by atoms with Gasteiger partial charge in [0.05, 0.1) is 20.2 Å². The Morgan fingerprint density at radius 1 is 1.03 bits per heavy atom. The Labute approximate surface area is 225 Å². The summed E-state index contributed by atoms with van der Waals surface area (Å²) in [4.78, 5) is 23.6. The Kier molecular flexibility index (Phi) is 8.76. The number of halogens is 3. The molecule has 3 aromatic carbocycles. The van der Waals surface area contributed by atoms with Crippen LogP contribution in [-0.2, 0) is 19.7 Å². The maximum absolute atomic E-state index is 12.7. The minimum absolute atomic E-state index is 0.0103. The van der Waals surface area contributed by atoms with Crippen LogP contribution in [0.15, 0.2) is 75.6 Å². The molecule has 184 valence electrons. The van der Waals surface area contributed by atoms with Crippen LogP contribution in [0.1, 0.15) is 12.5 Å². The van der Waals surface area contributed by atoms with Crippen molar-refractivity contribution < 1.29 is 22.2 Å². The van der Waals surface area contributed by atoms with Crippen LogP contribution in [0.5, 0.6) is 5.75 Å². The van der Waals surface area contributed by atoms with Crippen LogP contribution in [0.3, 0.4) is 0 Å². The van der Waals surface area contributed by atoms with Gasteiger partial charge in [0.25, 0.3) is 5.91 Å². The smallest absolute Gasteiger partial charge is 0.339 e. The molecule has 0 radical (unpaired) electrons. The van der Waals surface area contributed by atoms with E-state index in [2.05, 4.69) is 26.6 Å². The number of nitrogens with one attached hydrogen (secondary N) is 2. The number of para-hydroxylation sites is 1. The molecule has 0 saturated carbocycles. The molecule has 0 fully saturated rings. The van der Waals surface area contributed by atoms with Gasteiger partial charge in [-0.2, -0.15) is 13.7 Å². The van der Waals surface area contributed by atoms with E-state index in [0.717, 1.165) is 0 Å². The topological polar surface area (TPSA) is 125 Å². The van der Waals surface area contributed by atoms with Gasteiger partial charge in [-0.05, 0) is 76.1 Å². The number of carbonyl (C=O) groups excluding carboxylic acids is 2. The number of benzene rings is 3. The van der Waals surface area contributed by atoms with Crippen LogP contribution < -0.4 is 14.8 Å². The summed E-state index contributed by atoms with van der Waals surface area (Å²) in [5.74, 6) is -1.03. The summed E-state index contributed by atoms with van der Waals surface area (Å²) < 4.78 is 30.8. The molecule has 0 aliphatic rings. The molecule has 0 heterocycles. The van der Waals surface area contributed by atoms with Gasteiger partial charge in [0.2, 0.25) is 5.91 Å². The van der Waals surface area contributed by atoms with Gasteiger partial charge < -0.3 is 14.8 Å². The Balaban J connectivity index is 1.79. The minimum atomic E-state index is -4.18. The van der Waals surface area contributed by atoms with Crippen molar-refractivity contribution in [3.8, 4) is 11.8 Å². The fraction of sp³-hybridized carbons (Fsp3) is 0.0417. The second kappa shape index (κ2) is 11.6. The quantitative estimate of drug-likeness (QED) is 0.192. The van der Waals surface area contributed by atoms with Crippen LogP contribution in [0.25, 0.3) is 6.08 Å². The monoisotopic (exact) mass is 607 g/mol. The zero-order chi connectivity index (χ0) is 26.5. The first-order valence-corrected chi connectivity index (χ1v) is 12.9. The molecule has 3 aromatic rings. The minimum Gasteiger partial charge on any atom is -0.378 e. The van der Waals surface area contributed by atoms with E-state index in [1.165, 1.54) is 55.5 Å². The average Bonchev–Trinajstić information content (AvgIpc) is 2.81. The van der Waals surface area contributed by atoms with Crippen LogP contribution >= 0.6 is 39.1 Å². The van der Waals surface area contributed by atoms with E-state index in [4.69, 9.17) is 27.4 Å². The van der Waals surface area contributed by atoms with E-state index in [0.29, 0.717) is 11.3 Å². The Morgan fingerprint density at radius 2 is 1.67 bits per heavy atom. The van der Waals surface area contributed by atoms with Gasteiger partial charge >= 0.3 is 10.1 Å². The zero-order valence-electron chi connectivity index (χ0n) is 18.4. The lowest BCUT2D eigenvalue weighted by atomic mass is 10.1. The van der Waals surface area contributed by atoms with Gasteiger partial charge in [-0.1, -0.05) is 35.3 Å². The van der Waals surface area contributed by atoms with Gasteiger partial charge in [0.15, 0.2) is 5.75 Å². The number of anilines is 2. The molecule has 0 atom stereocenters. The fourth-order valence-corrected chi connectivity index (χ4v) is 4.89. The number of nitriles is 1. The highest BCUT2D eigenvalue weighted by Crippen LogP contribution is 2.32. The molecule has 3 rings (SSSR count). The standard InChI is InChI=1S/C24H16BrCl2N3O5S/c1-14(31)29-17-6-8-18(9-7-17)36(33,34)35-22-10-5-15(12-19(22)25)11-16(13-28)24(32)30-23-20(26)3-2-4-21(23)27/h2-12H,1H3,(H,29,31)(H,30,32)/b16-11+. The largest absolute Gasteiger partial charge is 0.378 e. The lowest BCUT2D eigenvalue weighted by molar-refractivity contribution is -0.114. The number of hydrogen-bond acceptors (Lipinski definition) is 6. The molecule has 0 spiro atoms. The molecule has 0 bridgehead atoms. The van der Waals surface area contributed by atoms with E-state index < -0.39 is 16.0 Å². The summed E-state index contributed by atoms with van der Waals surface area (Å²) in [6.07, 6.45) is 1.31. The first-order valence-electron chi connectivity index (χ1n) is 9.99. The van der Waals surface area contributed by atoms with Crippen molar-refractivity contribution in [3.05, 3.63) is 86.3 Å². The fourth-order valence-electron chi connectivity index (χ4n) is 2.86. The summed E-state index contributed by atoms with van der Waals surface area (Å²) in [5, 5.41) is 14.9. The Hall–Kier alpha value is -3.36. The maximum atomic E-state index is 12.7. The molecule has 0 aromatic heterocycles. The van der Waals surface area contributed by atoms with Crippen molar-refractivity contribution in [1.29, 1.82) is 5.26 Å². The van der Waals surface area contributed by atoms with E-state index in [1.807, 2.05) is 6.07 Å². The number of hydrogen-bond donors (Lipinski definition) is 2. The highest BCUT2D eigenvalue weighted by atomic mass is 79.9. The van der Waals surface area contributed by atoms with Crippen LogP contribution in [0, 0.1) is 11.3 Å². The van der Waals surface area contributed by atoms with Crippen molar-refractivity contribution >= 4 is 78.5 Å². The first-order chi connectivity index (χ1) is 17.0. The predicted molar refractivity (Wildman–Crippen MR) is 141 cm³/mol. The molecular formula is C24H16BrCl2N3O5S. The molecule has 8 nitrogen and oxygen atoms in total. The normalized spacial score (nSPS) is 11.4. The third-order valence-electron chi connectivity index (χ3n) is 4.50. The lowest BCUT2D eigenvalue weighted by Crippen LogP contribution is -2.14. The SMILES string of the molecule is CC(=O)Nc1ccc(S(=O)(=O)Oc2ccc(/C=C(\C#N)C(=O)Nc3c(Cl)cccc3Cl)cc2Br)cc1. The second-order valence-corrected chi connectivity index (χ2v) is 10.4. The number of rotatable bonds is 7.